The zero-order valence-electron chi connectivity index (χ0n) is 13.0. The third-order valence-electron chi connectivity index (χ3n) is 5.85. The maximum Gasteiger partial charge on any atom is 0.417 e. The molecule has 0 radical (unpaired) electrons. The second kappa shape index (κ2) is 5.27. The average molecular weight is 374 g/mol. The molecule has 1 saturated heterocycles. The van der Waals surface area contributed by atoms with Gasteiger partial charge in [-0.25, -0.2) is 0 Å². The predicted octanol–water partition coefficient (Wildman–Crippen LogP) is 3.45. The maximum absolute atomic E-state index is 13.2. The van der Waals surface area contributed by atoms with Gasteiger partial charge in [0.1, 0.15) is 0 Å². The minimum Gasteiger partial charge on any atom is -0.393 e. The van der Waals surface area contributed by atoms with Gasteiger partial charge < -0.3 is 5.11 Å². The molecule has 9 heteroatoms. The molecule has 3 N–H and O–H groups in total. The lowest BCUT2D eigenvalue weighted by molar-refractivity contribution is -0.137. The van der Waals surface area contributed by atoms with Crippen LogP contribution in [0.2, 0.25) is 0 Å². The first-order chi connectivity index (χ1) is 11.6. The number of rotatable bonds is 1. The van der Waals surface area contributed by atoms with Crippen LogP contribution >= 0.6 is 10.8 Å². The molecule has 5 nitrogen and oxygen atoms in total. The Kier molecular flexibility index (Phi) is 3.57. The first kappa shape index (κ1) is 17.0. The molecule has 4 rings (SSSR count). The first-order valence-electron chi connectivity index (χ1n) is 7.98. The quantitative estimate of drug-likeness (QED) is 0.701. The number of aliphatic hydroxyl groups excluding tert-OH is 1. The summed E-state index contributed by atoms with van der Waals surface area (Å²) in [7, 11) is -3.34. The fourth-order valence-electron chi connectivity index (χ4n) is 4.83. The van der Waals surface area contributed by atoms with E-state index in [2.05, 4.69) is 0 Å². The molecule has 1 heterocycles. The normalized spacial score (nSPS) is 37.0. The zero-order valence-corrected chi connectivity index (χ0v) is 13.8. The van der Waals surface area contributed by atoms with E-state index in [4.69, 9.17) is 5.26 Å². The van der Waals surface area contributed by atoms with E-state index in [0.717, 1.165) is 18.6 Å². The molecule has 5 atom stereocenters. The number of hydrogen-bond acceptors (Lipinski definition) is 5. The van der Waals surface area contributed by atoms with Gasteiger partial charge >= 0.3 is 6.18 Å². The first-order valence-corrected chi connectivity index (χ1v) is 9.55. The van der Waals surface area contributed by atoms with Crippen LogP contribution in [-0.4, -0.2) is 32.1 Å². The van der Waals surface area contributed by atoms with E-state index in [0.29, 0.717) is 6.42 Å². The van der Waals surface area contributed by atoms with Gasteiger partial charge in [-0.15, -0.1) is 10.8 Å². The molecule has 2 bridgehead atoms. The fourth-order valence-corrected chi connectivity index (χ4v) is 7.47. The molecule has 0 unspecified atom stereocenters. The third-order valence-corrected chi connectivity index (χ3v) is 8.28. The summed E-state index contributed by atoms with van der Waals surface area (Å²) in [5.74, 6) is -0.0875. The number of alkyl halides is 3. The SMILES string of the molecule is N#Cc1ccc(N2C[C@@H]3[C@H]4C[C@@H]([C@@H]3S2(O)O)[C@H](O)C4)cc1C(F)(F)F. The van der Waals surface area contributed by atoms with Crippen molar-refractivity contribution in [2.45, 2.75) is 30.4 Å². The third kappa shape index (κ3) is 2.35. The minimum absolute atomic E-state index is 0.0385. The van der Waals surface area contributed by atoms with Gasteiger partial charge in [-0.05, 0) is 37.0 Å². The number of halogens is 3. The molecule has 3 fully saturated rings. The average Bonchev–Trinajstić information content (AvgIpc) is 3.15. The van der Waals surface area contributed by atoms with Gasteiger partial charge in [0.25, 0.3) is 0 Å². The Bertz CT molecular complexity index is 764. The molecule has 0 amide bonds. The van der Waals surface area contributed by atoms with Gasteiger partial charge in [-0.2, -0.15) is 18.4 Å². The Morgan fingerprint density at radius 1 is 1.20 bits per heavy atom. The van der Waals surface area contributed by atoms with Gasteiger partial charge in [0.05, 0.1) is 34.2 Å². The van der Waals surface area contributed by atoms with Crippen molar-refractivity contribution in [1.29, 1.82) is 5.26 Å². The molecule has 2 aliphatic carbocycles. The van der Waals surface area contributed by atoms with E-state index in [-0.39, 0.29) is 30.0 Å². The number of anilines is 1. The second-order valence-electron chi connectivity index (χ2n) is 7.05. The summed E-state index contributed by atoms with van der Waals surface area (Å²) in [6.07, 6.45) is -3.93. The van der Waals surface area contributed by atoms with Gasteiger partial charge in [-0.1, -0.05) is 0 Å². The number of benzene rings is 1. The summed E-state index contributed by atoms with van der Waals surface area (Å²) in [6, 6.07) is 4.71. The molecule has 2 saturated carbocycles. The minimum atomic E-state index is -4.70. The van der Waals surface area contributed by atoms with Crippen LogP contribution in [0.1, 0.15) is 24.0 Å². The number of nitriles is 1. The Labute approximate surface area is 144 Å². The predicted molar refractivity (Wildman–Crippen MR) is 85.9 cm³/mol. The van der Waals surface area contributed by atoms with Crippen molar-refractivity contribution >= 4 is 16.5 Å². The fraction of sp³-hybridized carbons (Fsp3) is 0.562. The van der Waals surface area contributed by atoms with Crippen LogP contribution in [0.15, 0.2) is 18.2 Å². The van der Waals surface area contributed by atoms with Gasteiger partial charge in [-0.3, -0.25) is 13.4 Å². The summed E-state index contributed by atoms with van der Waals surface area (Å²) < 4.78 is 62.3. The van der Waals surface area contributed by atoms with Crippen LogP contribution in [0.3, 0.4) is 0 Å². The van der Waals surface area contributed by atoms with Crippen molar-refractivity contribution in [2.75, 3.05) is 10.8 Å². The topological polar surface area (TPSA) is 87.7 Å². The van der Waals surface area contributed by atoms with E-state index >= 15 is 0 Å². The van der Waals surface area contributed by atoms with Gasteiger partial charge in [0.15, 0.2) is 0 Å². The van der Waals surface area contributed by atoms with E-state index in [1.54, 1.807) is 0 Å². The van der Waals surface area contributed by atoms with Crippen molar-refractivity contribution < 1.29 is 27.4 Å². The zero-order chi connectivity index (χ0) is 18.1. The summed E-state index contributed by atoms with van der Waals surface area (Å²) in [5, 5.41) is 18.4. The van der Waals surface area contributed by atoms with Crippen molar-refractivity contribution in [3.63, 3.8) is 0 Å². The van der Waals surface area contributed by atoms with Crippen LogP contribution in [0, 0.1) is 29.1 Å². The molecule has 25 heavy (non-hydrogen) atoms. The van der Waals surface area contributed by atoms with Crippen molar-refractivity contribution in [3.05, 3.63) is 29.3 Å². The van der Waals surface area contributed by atoms with E-state index < -0.39 is 39.4 Å². The number of fused-ring (bicyclic) bond motifs is 5. The van der Waals surface area contributed by atoms with Crippen molar-refractivity contribution in [3.8, 4) is 6.07 Å². The molecular formula is C16H17F3N2O3S. The largest absolute Gasteiger partial charge is 0.417 e. The summed E-state index contributed by atoms with van der Waals surface area (Å²) in [4.78, 5) is 0. The van der Waals surface area contributed by atoms with Gasteiger partial charge in [0.2, 0.25) is 0 Å². The molecule has 1 aromatic carbocycles. The second-order valence-corrected chi connectivity index (χ2v) is 9.16. The summed E-state index contributed by atoms with van der Waals surface area (Å²) >= 11 is 0. The standard InChI is InChI=1S/C16H17F3N2O3S/c17-16(18,19)13-5-10(2-1-8(13)6-20)21-7-12-9-3-11(14(22)4-9)15(12)25(21,23)24/h1-2,5,9,11-12,14-15,22-24H,3-4,7H2/t9-,11+,12+,14+,15-/m0/s1. The molecule has 1 aliphatic heterocycles. The smallest absolute Gasteiger partial charge is 0.393 e. The molecular weight excluding hydrogens is 357 g/mol. The van der Waals surface area contributed by atoms with E-state index in [9.17, 15) is 27.4 Å². The molecule has 0 spiro atoms. The van der Waals surface area contributed by atoms with Crippen molar-refractivity contribution in [2.24, 2.45) is 17.8 Å². The highest BCUT2D eigenvalue weighted by atomic mass is 32.3. The monoisotopic (exact) mass is 374 g/mol. The van der Waals surface area contributed by atoms with E-state index in [1.807, 2.05) is 0 Å². The summed E-state index contributed by atoms with van der Waals surface area (Å²) in [6.45, 7) is 0.254. The lowest BCUT2D eigenvalue weighted by Gasteiger charge is -2.45. The van der Waals surface area contributed by atoms with Crippen LogP contribution in [0.4, 0.5) is 18.9 Å². The van der Waals surface area contributed by atoms with Crippen molar-refractivity contribution in [1.82, 2.24) is 0 Å². The van der Waals surface area contributed by atoms with Crippen LogP contribution < -0.4 is 4.31 Å². The number of nitrogens with zero attached hydrogens (tertiary/aromatic N) is 2. The highest BCUT2D eigenvalue weighted by Crippen LogP contribution is 2.69. The number of hydrogen-bond donors (Lipinski definition) is 3. The Balaban J connectivity index is 1.73. The Morgan fingerprint density at radius 2 is 1.92 bits per heavy atom. The van der Waals surface area contributed by atoms with E-state index in [1.165, 1.54) is 16.4 Å². The Morgan fingerprint density at radius 3 is 2.56 bits per heavy atom. The lowest BCUT2D eigenvalue weighted by atomic mass is 9.87. The highest BCUT2D eigenvalue weighted by Gasteiger charge is 2.62. The molecule has 136 valence electrons. The molecule has 1 aromatic rings. The molecule has 0 aromatic heterocycles. The lowest BCUT2D eigenvalue weighted by Crippen LogP contribution is -2.36. The summed E-state index contributed by atoms with van der Waals surface area (Å²) in [5.41, 5.74) is -1.53. The van der Waals surface area contributed by atoms with Crippen LogP contribution in [-0.2, 0) is 6.18 Å². The van der Waals surface area contributed by atoms with Gasteiger partial charge in [0, 0.05) is 18.4 Å². The van der Waals surface area contributed by atoms with Crippen LogP contribution in [0.25, 0.3) is 0 Å². The molecule has 3 aliphatic rings. The highest BCUT2D eigenvalue weighted by molar-refractivity contribution is 8.26. The number of aliphatic hydroxyl groups is 1. The Hall–Kier alpha value is -1.47. The maximum atomic E-state index is 13.2. The van der Waals surface area contributed by atoms with Crippen LogP contribution in [0.5, 0.6) is 0 Å².